The van der Waals surface area contributed by atoms with Gasteiger partial charge in [-0.25, -0.2) is 0 Å². The van der Waals surface area contributed by atoms with Crippen LogP contribution in [0.3, 0.4) is 0 Å². The smallest absolute Gasteiger partial charge is 0.303 e. The van der Waals surface area contributed by atoms with Gasteiger partial charge in [-0.15, -0.1) is 0 Å². The molecule has 18 heavy (non-hydrogen) atoms. The number of hydrogen-bond donors (Lipinski definition) is 1. The summed E-state index contributed by atoms with van der Waals surface area (Å²) in [5.41, 5.74) is 1.80. The summed E-state index contributed by atoms with van der Waals surface area (Å²) < 4.78 is 0. The fraction of sp³-hybridized carbons (Fsp3) is 0.933. The molecule has 0 atom stereocenters. The number of aliphatic carboxylic acids is 1. The Morgan fingerprint density at radius 1 is 0.889 bits per heavy atom. The second-order valence-electron chi connectivity index (χ2n) is 5.97. The van der Waals surface area contributed by atoms with Gasteiger partial charge in [0.2, 0.25) is 0 Å². The van der Waals surface area contributed by atoms with Crippen molar-refractivity contribution in [2.75, 3.05) is 6.16 Å². The van der Waals surface area contributed by atoms with Crippen LogP contribution in [0.25, 0.3) is 0 Å². The van der Waals surface area contributed by atoms with Crippen LogP contribution in [-0.2, 0) is 4.79 Å². The van der Waals surface area contributed by atoms with Crippen LogP contribution in [0, 0.1) is 0 Å². The van der Waals surface area contributed by atoms with Crippen molar-refractivity contribution in [2.24, 2.45) is 0 Å². The highest BCUT2D eigenvalue weighted by Gasteiger charge is 2.30. The van der Waals surface area contributed by atoms with Crippen molar-refractivity contribution in [1.29, 1.82) is 0 Å². The molecular formula is C15H27O2P. The molecule has 2 fully saturated rings. The fourth-order valence-electron chi connectivity index (χ4n) is 3.71. The maximum absolute atomic E-state index is 10.9. The lowest BCUT2D eigenvalue weighted by atomic mass is 9.99. The first-order valence-corrected chi connectivity index (χ1v) is 9.41. The van der Waals surface area contributed by atoms with Crippen molar-refractivity contribution in [1.82, 2.24) is 0 Å². The van der Waals surface area contributed by atoms with E-state index in [4.69, 9.17) is 5.11 Å². The molecule has 0 radical (unpaired) electrons. The van der Waals surface area contributed by atoms with E-state index in [1.165, 1.54) is 64.2 Å². The highest BCUT2D eigenvalue weighted by molar-refractivity contribution is 7.59. The zero-order valence-electron chi connectivity index (χ0n) is 11.4. The van der Waals surface area contributed by atoms with Crippen LogP contribution in [0.15, 0.2) is 0 Å². The monoisotopic (exact) mass is 270 g/mol. The number of carboxylic acid groups (broad SMARTS) is 1. The van der Waals surface area contributed by atoms with E-state index in [1.54, 1.807) is 0 Å². The number of rotatable bonds is 5. The summed E-state index contributed by atoms with van der Waals surface area (Å²) in [4.78, 5) is 10.9. The van der Waals surface area contributed by atoms with E-state index in [0.717, 1.165) is 17.5 Å². The average molecular weight is 270 g/mol. The highest BCUT2D eigenvalue weighted by Crippen LogP contribution is 2.55. The summed E-state index contributed by atoms with van der Waals surface area (Å²) in [5, 5.41) is 8.97. The lowest BCUT2D eigenvalue weighted by molar-refractivity contribution is -0.136. The molecule has 0 heterocycles. The molecule has 2 saturated carbocycles. The third kappa shape index (κ3) is 4.23. The Labute approximate surface area is 112 Å². The van der Waals surface area contributed by atoms with Crippen molar-refractivity contribution >= 4 is 13.9 Å². The Bertz CT molecular complexity index is 237. The maximum Gasteiger partial charge on any atom is 0.303 e. The predicted octanol–water partition coefficient (Wildman–Crippen LogP) is 4.61. The van der Waals surface area contributed by atoms with Crippen molar-refractivity contribution < 1.29 is 9.90 Å². The van der Waals surface area contributed by atoms with Crippen LogP contribution in [0.5, 0.6) is 0 Å². The van der Waals surface area contributed by atoms with Crippen LogP contribution < -0.4 is 0 Å². The van der Waals surface area contributed by atoms with E-state index >= 15 is 0 Å². The third-order valence-electron chi connectivity index (χ3n) is 4.67. The van der Waals surface area contributed by atoms with Crippen molar-refractivity contribution in [3.05, 3.63) is 0 Å². The molecule has 0 saturated heterocycles. The van der Waals surface area contributed by atoms with Crippen molar-refractivity contribution in [2.45, 2.75) is 81.9 Å². The summed E-state index contributed by atoms with van der Waals surface area (Å²) in [6, 6.07) is 0. The van der Waals surface area contributed by atoms with Gasteiger partial charge in [0.1, 0.15) is 0 Å². The second-order valence-corrected chi connectivity index (χ2v) is 8.90. The lowest BCUT2D eigenvalue weighted by Gasteiger charge is -2.38. The largest absolute Gasteiger partial charge is 0.481 e. The Morgan fingerprint density at radius 2 is 1.33 bits per heavy atom. The number of carbonyl (C=O) groups is 1. The molecule has 0 amide bonds. The molecule has 0 aromatic carbocycles. The van der Waals surface area contributed by atoms with Gasteiger partial charge in [-0.3, -0.25) is 4.79 Å². The van der Waals surface area contributed by atoms with E-state index in [1.807, 2.05) is 0 Å². The molecule has 0 unspecified atom stereocenters. The van der Waals surface area contributed by atoms with E-state index in [9.17, 15) is 4.79 Å². The molecule has 104 valence electrons. The van der Waals surface area contributed by atoms with Gasteiger partial charge in [0.25, 0.3) is 0 Å². The Balaban J connectivity index is 1.93. The molecule has 0 bridgehead atoms. The summed E-state index contributed by atoms with van der Waals surface area (Å²) in [5.74, 6) is -0.589. The van der Waals surface area contributed by atoms with Crippen LogP contribution in [-0.4, -0.2) is 28.6 Å². The SMILES string of the molecule is O=C(O)CCP(C1CCCCC1)C1CCCCC1. The molecule has 0 aromatic rings. The molecule has 1 N–H and O–H groups in total. The van der Waals surface area contributed by atoms with E-state index in [-0.39, 0.29) is 7.92 Å². The van der Waals surface area contributed by atoms with Crippen LogP contribution in [0.4, 0.5) is 0 Å². The van der Waals surface area contributed by atoms with Gasteiger partial charge in [0, 0.05) is 6.42 Å². The molecule has 2 nitrogen and oxygen atoms in total. The first kappa shape index (κ1) is 14.3. The predicted molar refractivity (Wildman–Crippen MR) is 77.8 cm³/mol. The highest BCUT2D eigenvalue weighted by atomic mass is 31.1. The van der Waals surface area contributed by atoms with Gasteiger partial charge >= 0.3 is 5.97 Å². The van der Waals surface area contributed by atoms with Crippen LogP contribution in [0.1, 0.15) is 70.6 Å². The van der Waals surface area contributed by atoms with E-state index in [2.05, 4.69) is 0 Å². The van der Waals surface area contributed by atoms with Gasteiger partial charge in [0.15, 0.2) is 0 Å². The minimum absolute atomic E-state index is 0.0103. The Morgan fingerprint density at radius 3 is 1.72 bits per heavy atom. The van der Waals surface area contributed by atoms with Crippen molar-refractivity contribution in [3.63, 3.8) is 0 Å². The Hall–Kier alpha value is -0.100. The van der Waals surface area contributed by atoms with E-state index in [0.29, 0.717) is 6.42 Å². The van der Waals surface area contributed by atoms with E-state index < -0.39 is 5.97 Å². The molecule has 2 aliphatic carbocycles. The zero-order valence-corrected chi connectivity index (χ0v) is 12.3. The van der Waals surface area contributed by atoms with Crippen LogP contribution in [0.2, 0.25) is 0 Å². The first-order chi connectivity index (χ1) is 8.77. The first-order valence-electron chi connectivity index (χ1n) is 7.75. The van der Waals surface area contributed by atoms with Gasteiger partial charge < -0.3 is 5.11 Å². The molecular weight excluding hydrogens is 243 g/mol. The summed E-state index contributed by atoms with van der Waals surface area (Å²) >= 11 is 0. The standard InChI is InChI=1S/C15H27O2P/c16-15(17)11-12-18(13-7-3-1-4-8-13)14-9-5-2-6-10-14/h13-14H,1-12H2,(H,16,17). The normalized spacial score (nSPS) is 23.4. The van der Waals surface area contributed by atoms with Gasteiger partial charge in [-0.05, 0) is 43.2 Å². The summed E-state index contributed by atoms with van der Waals surface area (Å²) in [6.45, 7) is 0. The fourth-order valence-corrected chi connectivity index (χ4v) is 7.55. The third-order valence-corrected chi connectivity index (χ3v) is 8.32. The quantitative estimate of drug-likeness (QED) is 0.741. The molecule has 2 rings (SSSR count). The minimum atomic E-state index is -0.589. The van der Waals surface area contributed by atoms with Gasteiger partial charge in [-0.2, -0.15) is 0 Å². The summed E-state index contributed by atoms with van der Waals surface area (Å²) in [6.07, 6.45) is 15.4. The minimum Gasteiger partial charge on any atom is -0.481 e. The molecule has 2 aliphatic rings. The molecule has 0 spiro atoms. The molecule has 3 heteroatoms. The van der Waals surface area contributed by atoms with Crippen LogP contribution >= 0.6 is 7.92 Å². The van der Waals surface area contributed by atoms with Gasteiger partial charge in [0.05, 0.1) is 0 Å². The average Bonchev–Trinajstić information content (AvgIpc) is 2.41. The topological polar surface area (TPSA) is 37.3 Å². The zero-order chi connectivity index (χ0) is 12.8. The maximum atomic E-state index is 10.9. The van der Waals surface area contributed by atoms with Gasteiger partial charge in [-0.1, -0.05) is 46.4 Å². The number of carboxylic acids is 1. The van der Waals surface area contributed by atoms with Crippen molar-refractivity contribution in [3.8, 4) is 0 Å². The number of hydrogen-bond acceptors (Lipinski definition) is 1. The Kier molecular flexibility index (Phi) is 5.95. The second kappa shape index (κ2) is 7.48. The lowest BCUT2D eigenvalue weighted by Crippen LogP contribution is -2.22. The molecule has 0 aliphatic heterocycles. The molecule has 0 aromatic heterocycles. The summed E-state index contributed by atoms with van der Waals surface area (Å²) in [7, 11) is -0.0103.